The highest BCUT2D eigenvalue weighted by molar-refractivity contribution is 5.79. The number of nitrogens with one attached hydrogen (secondary N) is 1. The topological polar surface area (TPSA) is 56.5 Å². The Labute approximate surface area is 147 Å². The number of furan rings is 1. The van der Waals surface area contributed by atoms with Crippen LogP contribution in [-0.4, -0.2) is 24.7 Å². The SMILES string of the molecule is COc1ccc2oc(CN[C@H]3CCCO[C@@H]3c3ccncc3)cc2c1. The van der Waals surface area contributed by atoms with E-state index in [1.165, 1.54) is 5.56 Å². The standard InChI is InChI=1S/C20H22N2O3/c1-23-16-4-5-19-15(11-16)12-17(25-19)13-22-18-3-2-10-24-20(18)14-6-8-21-9-7-14/h4-9,11-12,18,20,22H,2-3,10,13H2,1H3/t18-,20+/m0/s1. The Morgan fingerprint density at radius 2 is 2.08 bits per heavy atom. The van der Waals surface area contributed by atoms with Gasteiger partial charge in [-0.2, -0.15) is 0 Å². The van der Waals surface area contributed by atoms with Crippen LogP contribution in [0.25, 0.3) is 11.0 Å². The van der Waals surface area contributed by atoms with Gasteiger partial charge in [-0.1, -0.05) is 0 Å². The van der Waals surface area contributed by atoms with Crippen molar-refractivity contribution in [1.82, 2.24) is 10.3 Å². The summed E-state index contributed by atoms with van der Waals surface area (Å²) in [4.78, 5) is 4.10. The van der Waals surface area contributed by atoms with Gasteiger partial charge < -0.3 is 19.2 Å². The molecule has 5 nitrogen and oxygen atoms in total. The number of aromatic nitrogens is 1. The van der Waals surface area contributed by atoms with Gasteiger partial charge in [0.1, 0.15) is 17.1 Å². The first-order valence-electron chi connectivity index (χ1n) is 8.65. The molecule has 1 aliphatic rings. The van der Waals surface area contributed by atoms with Gasteiger partial charge in [-0.25, -0.2) is 0 Å². The summed E-state index contributed by atoms with van der Waals surface area (Å²) in [5.74, 6) is 1.76. The van der Waals surface area contributed by atoms with E-state index in [0.717, 1.165) is 41.9 Å². The molecule has 4 rings (SSSR count). The predicted octanol–water partition coefficient (Wildman–Crippen LogP) is 3.85. The molecular formula is C20H22N2O3. The van der Waals surface area contributed by atoms with Crippen LogP contribution in [0.5, 0.6) is 5.75 Å². The Morgan fingerprint density at radius 1 is 1.20 bits per heavy atom. The van der Waals surface area contributed by atoms with E-state index in [1.54, 1.807) is 7.11 Å². The molecule has 25 heavy (non-hydrogen) atoms. The van der Waals surface area contributed by atoms with Crippen LogP contribution >= 0.6 is 0 Å². The molecule has 0 saturated carbocycles. The molecule has 3 heterocycles. The summed E-state index contributed by atoms with van der Waals surface area (Å²) in [5.41, 5.74) is 2.05. The van der Waals surface area contributed by atoms with E-state index in [1.807, 2.05) is 42.7 Å². The number of ether oxygens (including phenoxy) is 2. The van der Waals surface area contributed by atoms with Gasteiger partial charge in [-0.15, -0.1) is 0 Å². The lowest BCUT2D eigenvalue weighted by Gasteiger charge is -2.32. The van der Waals surface area contributed by atoms with Crippen LogP contribution in [0.1, 0.15) is 30.3 Å². The molecule has 1 fully saturated rings. The highest BCUT2D eigenvalue weighted by Gasteiger charge is 2.27. The average Bonchev–Trinajstić information content (AvgIpc) is 3.09. The smallest absolute Gasteiger partial charge is 0.134 e. The summed E-state index contributed by atoms with van der Waals surface area (Å²) < 4.78 is 17.2. The molecule has 0 amide bonds. The van der Waals surface area contributed by atoms with Gasteiger partial charge in [0.15, 0.2) is 0 Å². The van der Waals surface area contributed by atoms with Crippen molar-refractivity contribution < 1.29 is 13.9 Å². The summed E-state index contributed by atoms with van der Waals surface area (Å²) in [6.07, 6.45) is 5.84. The number of nitrogens with zero attached hydrogens (tertiary/aromatic N) is 1. The lowest BCUT2D eigenvalue weighted by molar-refractivity contribution is -0.0116. The highest BCUT2D eigenvalue weighted by atomic mass is 16.5. The summed E-state index contributed by atoms with van der Waals surface area (Å²) in [6, 6.07) is 12.2. The van der Waals surface area contributed by atoms with Crippen molar-refractivity contribution in [3.05, 3.63) is 60.1 Å². The summed E-state index contributed by atoms with van der Waals surface area (Å²) >= 11 is 0. The number of benzene rings is 1. The fourth-order valence-corrected chi connectivity index (χ4v) is 3.39. The van der Waals surface area contributed by atoms with Crippen LogP contribution in [0.2, 0.25) is 0 Å². The van der Waals surface area contributed by atoms with E-state index in [4.69, 9.17) is 13.9 Å². The molecule has 1 aliphatic heterocycles. The first kappa shape index (κ1) is 16.1. The van der Waals surface area contributed by atoms with E-state index in [2.05, 4.69) is 16.4 Å². The molecule has 1 N–H and O–H groups in total. The Morgan fingerprint density at radius 3 is 2.92 bits per heavy atom. The van der Waals surface area contributed by atoms with Crippen molar-refractivity contribution >= 4 is 11.0 Å². The van der Waals surface area contributed by atoms with Crippen molar-refractivity contribution in [2.45, 2.75) is 31.5 Å². The van der Waals surface area contributed by atoms with Crippen LogP contribution in [0.4, 0.5) is 0 Å². The number of hydrogen-bond donors (Lipinski definition) is 1. The second kappa shape index (κ2) is 7.25. The molecule has 130 valence electrons. The number of pyridine rings is 1. The Bertz CT molecular complexity index is 831. The van der Waals surface area contributed by atoms with Gasteiger partial charge in [-0.3, -0.25) is 4.98 Å². The van der Waals surface area contributed by atoms with E-state index in [0.29, 0.717) is 6.54 Å². The van der Waals surface area contributed by atoms with Crippen molar-refractivity contribution in [3.63, 3.8) is 0 Å². The van der Waals surface area contributed by atoms with Crippen LogP contribution in [0.3, 0.4) is 0 Å². The molecule has 1 aromatic carbocycles. The van der Waals surface area contributed by atoms with E-state index < -0.39 is 0 Å². The lowest BCUT2D eigenvalue weighted by Crippen LogP contribution is -2.39. The van der Waals surface area contributed by atoms with Crippen molar-refractivity contribution in [3.8, 4) is 5.75 Å². The third-order valence-corrected chi connectivity index (χ3v) is 4.67. The molecule has 0 unspecified atom stereocenters. The van der Waals surface area contributed by atoms with E-state index in [9.17, 15) is 0 Å². The van der Waals surface area contributed by atoms with E-state index in [-0.39, 0.29) is 12.1 Å². The van der Waals surface area contributed by atoms with Crippen LogP contribution in [0, 0.1) is 0 Å². The maximum Gasteiger partial charge on any atom is 0.134 e. The molecule has 3 aromatic rings. The number of methoxy groups -OCH3 is 1. The molecular weight excluding hydrogens is 316 g/mol. The van der Waals surface area contributed by atoms with Crippen molar-refractivity contribution in [2.24, 2.45) is 0 Å². The number of fused-ring (bicyclic) bond motifs is 1. The third kappa shape index (κ3) is 3.52. The zero-order valence-corrected chi connectivity index (χ0v) is 14.3. The molecule has 2 aromatic heterocycles. The second-order valence-corrected chi connectivity index (χ2v) is 6.32. The Kier molecular flexibility index (Phi) is 4.68. The summed E-state index contributed by atoms with van der Waals surface area (Å²) in [5, 5.41) is 4.66. The fourth-order valence-electron chi connectivity index (χ4n) is 3.39. The van der Waals surface area contributed by atoms with Gasteiger partial charge in [-0.05, 0) is 54.8 Å². The minimum Gasteiger partial charge on any atom is -0.497 e. The zero-order chi connectivity index (χ0) is 17.1. The van der Waals surface area contributed by atoms with E-state index >= 15 is 0 Å². The molecule has 0 radical (unpaired) electrons. The maximum atomic E-state index is 6.02. The van der Waals surface area contributed by atoms with Crippen LogP contribution < -0.4 is 10.1 Å². The second-order valence-electron chi connectivity index (χ2n) is 6.32. The van der Waals surface area contributed by atoms with Crippen molar-refractivity contribution in [2.75, 3.05) is 13.7 Å². The summed E-state index contributed by atoms with van der Waals surface area (Å²) in [7, 11) is 1.67. The Balaban J connectivity index is 1.47. The quantitative estimate of drug-likeness (QED) is 0.766. The molecule has 1 saturated heterocycles. The van der Waals surface area contributed by atoms with Crippen LogP contribution in [-0.2, 0) is 11.3 Å². The van der Waals surface area contributed by atoms with Gasteiger partial charge in [0, 0.05) is 30.4 Å². The normalized spacial score (nSPS) is 20.7. The van der Waals surface area contributed by atoms with Gasteiger partial charge >= 0.3 is 0 Å². The molecule has 0 spiro atoms. The average molecular weight is 338 g/mol. The monoisotopic (exact) mass is 338 g/mol. The third-order valence-electron chi connectivity index (χ3n) is 4.67. The maximum absolute atomic E-state index is 6.02. The molecule has 0 aliphatic carbocycles. The van der Waals surface area contributed by atoms with Gasteiger partial charge in [0.25, 0.3) is 0 Å². The number of rotatable bonds is 5. The minimum absolute atomic E-state index is 0.0567. The highest BCUT2D eigenvalue weighted by Crippen LogP contribution is 2.29. The summed E-state index contributed by atoms with van der Waals surface area (Å²) in [6.45, 7) is 1.47. The molecule has 2 atom stereocenters. The van der Waals surface area contributed by atoms with Crippen molar-refractivity contribution in [1.29, 1.82) is 0 Å². The molecule has 0 bridgehead atoms. The largest absolute Gasteiger partial charge is 0.497 e. The van der Waals surface area contributed by atoms with Gasteiger partial charge in [0.05, 0.1) is 19.8 Å². The lowest BCUT2D eigenvalue weighted by atomic mass is 9.96. The first-order chi connectivity index (χ1) is 12.3. The van der Waals surface area contributed by atoms with Crippen LogP contribution in [0.15, 0.2) is 53.2 Å². The zero-order valence-electron chi connectivity index (χ0n) is 14.3. The molecule has 5 heteroatoms. The fraction of sp³-hybridized carbons (Fsp3) is 0.350. The first-order valence-corrected chi connectivity index (χ1v) is 8.65. The predicted molar refractivity (Wildman–Crippen MR) is 95.6 cm³/mol. The van der Waals surface area contributed by atoms with Gasteiger partial charge in [0.2, 0.25) is 0 Å². The Hall–Kier alpha value is -2.37. The number of hydrogen-bond acceptors (Lipinski definition) is 5. The minimum atomic E-state index is 0.0567.